The topological polar surface area (TPSA) is 153 Å². The fourth-order valence-electron chi connectivity index (χ4n) is 2.40. The van der Waals surface area contributed by atoms with Crippen molar-refractivity contribution >= 4 is 46.0 Å². The molecule has 1 atom stereocenters. The fourth-order valence-corrected chi connectivity index (χ4v) is 2.58. The Labute approximate surface area is 181 Å². The standard InChI is InChI=1S/C16H13ClN6O2.C2HF3O2/c1-8(18)15(24)21-16-19-11-5-4-9(17)7-10(11)14-20-13(22-23(14)16)12-3-2-6-25-12;3-2(4,5)1(6)7/h2-8H,18H2,1H3,(H,19,21,24);(H,6,7)/t8-;/m0./s1. The molecule has 0 saturated heterocycles. The summed E-state index contributed by atoms with van der Waals surface area (Å²) in [4.78, 5) is 29.9. The minimum Gasteiger partial charge on any atom is -0.542 e. The van der Waals surface area contributed by atoms with Crippen LogP contribution in [0, 0.1) is 0 Å². The van der Waals surface area contributed by atoms with E-state index < -0.39 is 18.2 Å². The second kappa shape index (κ2) is 8.80. The van der Waals surface area contributed by atoms with Gasteiger partial charge in [0.25, 0.3) is 5.91 Å². The van der Waals surface area contributed by atoms with Crippen molar-refractivity contribution in [3.05, 3.63) is 41.6 Å². The van der Waals surface area contributed by atoms with Gasteiger partial charge in [0.2, 0.25) is 11.8 Å². The van der Waals surface area contributed by atoms with Crippen LogP contribution in [-0.4, -0.2) is 43.7 Å². The van der Waals surface area contributed by atoms with Crippen LogP contribution in [0.25, 0.3) is 28.1 Å². The van der Waals surface area contributed by atoms with Crippen LogP contribution >= 0.6 is 11.6 Å². The molecular formula is C18H14ClF3N6O4. The maximum absolute atomic E-state index is 12.1. The number of alkyl halides is 3. The monoisotopic (exact) mass is 470 g/mol. The van der Waals surface area contributed by atoms with Crippen molar-refractivity contribution in [1.82, 2.24) is 19.6 Å². The van der Waals surface area contributed by atoms with Crippen molar-refractivity contribution in [3.63, 3.8) is 0 Å². The van der Waals surface area contributed by atoms with Gasteiger partial charge in [-0.05, 0) is 37.3 Å². The number of furan rings is 1. The van der Waals surface area contributed by atoms with Crippen LogP contribution < -0.4 is 16.2 Å². The van der Waals surface area contributed by atoms with E-state index in [4.69, 9.17) is 25.9 Å². The number of hydrogen-bond donors (Lipinski definition) is 2. The number of rotatable bonds is 3. The third-order valence-corrected chi connectivity index (χ3v) is 4.12. The molecule has 10 nitrogen and oxygen atoms in total. The Balaban J connectivity index is 0.000000360. The molecule has 14 heteroatoms. The molecule has 168 valence electrons. The molecule has 3 aromatic heterocycles. The molecule has 4 rings (SSSR count). The number of carboxylic acids is 1. The first-order chi connectivity index (χ1) is 15.0. The average molecular weight is 471 g/mol. The molecule has 0 aliphatic rings. The highest BCUT2D eigenvalue weighted by molar-refractivity contribution is 6.31. The van der Waals surface area contributed by atoms with E-state index >= 15 is 0 Å². The number of hydrogen-bond acceptors (Lipinski definition) is 7. The van der Waals surface area contributed by atoms with Crippen LogP contribution in [0.3, 0.4) is 0 Å². The molecule has 0 saturated carbocycles. The highest BCUT2D eigenvalue weighted by Crippen LogP contribution is 2.26. The fraction of sp³-hybridized carbons (Fsp3) is 0.167. The number of amides is 1. The normalized spacial score (nSPS) is 12.3. The van der Waals surface area contributed by atoms with Gasteiger partial charge in [0, 0.05) is 10.4 Å². The quantitative estimate of drug-likeness (QED) is 0.454. The molecule has 32 heavy (non-hydrogen) atoms. The van der Waals surface area contributed by atoms with E-state index in [1.54, 1.807) is 43.5 Å². The van der Waals surface area contributed by atoms with Crippen LogP contribution in [-0.2, 0) is 9.59 Å². The second-order valence-electron chi connectivity index (χ2n) is 6.42. The number of fused-ring (bicyclic) bond motifs is 3. The summed E-state index contributed by atoms with van der Waals surface area (Å²) in [5.41, 5.74) is 4.88. The zero-order chi connectivity index (χ0) is 23.6. The van der Waals surface area contributed by atoms with E-state index in [2.05, 4.69) is 26.1 Å². The van der Waals surface area contributed by atoms with Crippen LogP contribution in [0.4, 0.5) is 19.1 Å². The molecule has 0 unspecified atom stereocenters. The lowest BCUT2D eigenvalue weighted by atomic mass is 10.2. The van der Waals surface area contributed by atoms with Gasteiger partial charge in [0.05, 0.1) is 11.8 Å². The third-order valence-electron chi connectivity index (χ3n) is 3.89. The summed E-state index contributed by atoms with van der Waals surface area (Å²) in [6.45, 7) is 1.70. The van der Waals surface area contributed by atoms with E-state index in [0.29, 0.717) is 27.8 Å². The van der Waals surface area contributed by atoms with E-state index in [1.165, 1.54) is 4.52 Å². The number of quaternary nitrogens is 1. The number of nitrogens with one attached hydrogen (secondary N) is 1. The SMILES string of the molecule is C[C@H]([NH3+])C(=O)Nc1nc2ccc(Cl)cc2c2nc(-c3ccco3)nn12.O=C([O-])C(F)(F)F. The molecule has 0 spiro atoms. The lowest BCUT2D eigenvalue weighted by Gasteiger charge is -2.08. The maximum Gasteiger partial charge on any atom is 0.430 e. The Hall–Kier alpha value is -3.71. The molecule has 0 aliphatic carbocycles. The molecule has 1 amide bonds. The summed E-state index contributed by atoms with van der Waals surface area (Å²) in [7, 11) is 0. The van der Waals surface area contributed by atoms with Gasteiger partial charge in [-0.3, -0.25) is 10.1 Å². The average Bonchev–Trinajstić information content (AvgIpc) is 3.38. The van der Waals surface area contributed by atoms with Gasteiger partial charge in [-0.2, -0.15) is 17.7 Å². The Morgan fingerprint density at radius 1 is 1.28 bits per heavy atom. The van der Waals surface area contributed by atoms with Crippen LogP contribution in [0.2, 0.25) is 5.02 Å². The summed E-state index contributed by atoms with van der Waals surface area (Å²) in [5, 5.41) is 17.2. The Morgan fingerprint density at radius 3 is 2.53 bits per heavy atom. The molecule has 0 bridgehead atoms. The van der Waals surface area contributed by atoms with Gasteiger partial charge >= 0.3 is 6.18 Å². The molecule has 3 heterocycles. The van der Waals surface area contributed by atoms with Crippen molar-refractivity contribution in [3.8, 4) is 11.6 Å². The van der Waals surface area contributed by atoms with E-state index in [1.807, 2.05) is 0 Å². The minimum absolute atomic E-state index is 0.260. The summed E-state index contributed by atoms with van der Waals surface area (Å²) in [5.74, 6) is -2.11. The molecule has 0 aliphatic heterocycles. The zero-order valence-corrected chi connectivity index (χ0v) is 16.9. The Bertz CT molecular complexity index is 1290. The number of aliphatic carboxylic acids is 1. The number of nitrogens with zero attached hydrogens (tertiary/aromatic N) is 4. The van der Waals surface area contributed by atoms with E-state index in [0.717, 1.165) is 5.39 Å². The predicted octanol–water partition coefficient (Wildman–Crippen LogP) is 1.06. The van der Waals surface area contributed by atoms with Gasteiger partial charge in [-0.1, -0.05) is 11.6 Å². The Kier molecular flexibility index (Phi) is 6.32. The van der Waals surface area contributed by atoms with Crippen molar-refractivity contribution in [2.75, 3.05) is 5.32 Å². The van der Waals surface area contributed by atoms with Gasteiger partial charge < -0.3 is 20.1 Å². The van der Waals surface area contributed by atoms with Crippen LogP contribution in [0.1, 0.15) is 6.92 Å². The smallest absolute Gasteiger partial charge is 0.430 e. The molecule has 4 aromatic rings. The molecule has 1 aromatic carbocycles. The molecule has 0 fully saturated rings. The highest BCUT2D eigenvalue weighted by Gasteiger charge is 2.28. The van der Waals surface area contributed by atoms with E-state index in [9.17, 15) is 18.0 Å². The van der Waals surface area contributed by atoms with Gasteiger partial charge in [0.15, 0.2) is 17.4 Å². The maximum atomic E-state index is 12.1. The molecule has 4 N–H and O–H groups in total. The molecule has 0 radical (unpaired) electrons. The van der Waals surface area contributed by atoms with Crippen molar-refractivity contribution in [2.24, 2.45) is 0 Å². The first kappa shape index (κ1) is 23.0. The molecular weight excluding hydrogens is 457 g/mol. The summed E-state index contributed by atoms with van der Waals surface area (Å²) in [6.07, 6.45) is -3.65. The Morgan fingerprint density at radius 2 is 1.97 bits per heavy atom. The number of aromatic nitrogens is 4. The summed E-state index contributed by atoms with van der Waals surface area (Å²) in [6, 6.07) is 8.32. The summed E-state index contributed by atoms with van der Waals surface area (Å²) < 4.78 is 38.4. The number of halogens is 4. The number of benzene rings is 1. The van der Waals surface area contributed by atoms with Crippen molar-refractivity contribution < 1.29 is 38.0 Å². The first-order valence-electron chi connectivity index (χ1n) is 8.79. The number of anilines is 1. The van der Waals surface area contributed by atoms with Crippen LogP contribution in [0.5, 0.6) is 0 Å². The van der Waals surface area contributed by atoms with Gasteiger partial charge in [-0.15, -0.1) is 5.10 Å². The third kappa shape index (κ3) is 4.95. The predicted molar refractivity (Wildman–Crippen MR) is 103 cm³/mol. The summed E-state index contributed by atoms with van der Waals surface area (Å²) >= 11 is 6.11. The second-order valence-corrected chi connectivity index (χ2v) is 6.86. The zero-order valence-electron chi connectivity index (χ0n) is 16.2. The minimum atomic E-state index is -5.19. The van der Waals surface area contributed by atoms with Crippen LogP contribution in [0.15, 0.2) is 41.0 Å². The first-order valence-corrected chi connectivity index (χ1v) is 9.17. The lowest BCUT2D eigenvalue weighted by Crippen LogP contribution is -2.64. The number of carbonyl (C=O) groups is 2. The number of carbonyl (C=O) groups excluding carboxylic acids is 2. The van der Waals surface area contributed by atoms with E-state index in [-0.39, 0.29) is 11.9 Å². The largest absolute Gasteiger partial charge is 0.542 e. The highest BCUT2D eigenvalue weighted by atomic mass is 35.5. The lowest BCUT2D eigenvalue weighted by molar-refractivity contribution is -0.396. The van der Waals surface area contributed by atoms with Gasteiger partial charge in [-0.25, -0.2) is 9.97 Å². The van der Waals surface area contributed by atoms with Crippen molar-refractivity contribution in [1.29, 1.82) is 0 Å². The van der Waals surface area contributed by atoms with Gasteiger partial charge in [0.1, 0.15) is 5.97 Å². The van der Waals surface area contributed by atoms with Crippen molar-refractivity contribution in [2.45, 2.75) is 19.1 Å². The number of carboxylic acid groups (broad SMARTS) is 1.